The number of nitrogens with zero attached hydrogens (tertiary/aromatic N) is 6. The standard InChI is InChI=1S/C25H24N6O2S/c1-17-5-3-7-20-24(19-6-4-8-22-21(19)16-29(2)27-22)28-31(25(17)20)18-9-10-23(26-15-18)30-11-13-34(32,33)14-12-30/h3-10,15-16H,11-14H2,1-2H3. The third-order valence-corrected chi connectivity index (χ3v) is 8.08. The maximum absolute atomic E-state index is 11.8. The van der Waals surface area contributed by atoms with E-state index in [1.807, 2.05) is 58.0 Å². The van der Waals surface area contributed by atoms with Crippen molar-refractivity contribution in [1.82, 2.24) is 24.5 Å². The van der Waals surface area contributed by atoms with Gasteiger partial charge in [0.05, 0.1) is 34.4 Å². The van der Waals surface area contributed by atoms with E-state index in [0.717, 1.165) is 50.1 Å². The van der Waals surface area contributed by atoms with Crippen LogP contribution in [0, 0.1) is 6.92 Å². The predicted molar refractivity (Wildman–Crippen MR) is 134 cm³/mol. The molecule has 0 amide bonds. The van der Waals surface area contributed by atoms with Gasteiger partial charge in [-0.3, -0.25) is 4.68 Å². The van der Waals surface area contributed by atoms with Gasteiger partial charge in [0.25, 0.3) is 0 Å². The molecule has 0 bridgehead atoms. The van der Waals surface area contributed by atoms with Crippen LogP contribution in [0.2, 0.25) is 0 Å². The van der Waals surface area contributed by atoms with Gasteiger partial charge >= 0.3 is 0 Å². The van der Waals surface area contributed by atoms with Crippen LogP contribution in [0.15, 0.2) is 60.9 Å². The second kappa shape index (κ2) is 7.66. The van der Waals surface area contributed by atoms with Gasteiger partial charge in [-0.05, 0) is 30.7 Å². The molecule has 2 aromatic carbocycles. The first kappa shape index (κ1) is 20.9. The second-order valence-electron chi connectivity index (χ2n) is 8.79. The van der Waals surface area contributed by atoms with E-state index in [2.05, 4.69) is 41.3 Å². The van der Waals surface area contributed by atoms with Gasteiger partial charge in [0.2, 0.25) is 0 Å². The van der Waals surface area contributed by atoms with Gasteiger partial charge in [-0.15, -0.1) is 0 Å². The smallest absolute Gasteiger partial charge is 0.153 e. The first-order valence-corrected chi connectivity index (χ1v) is 13.0. The monoisotopic (exact) mass is 472 g/mol. The summed E-state index contributed by atoms with van der Waals surface area (Å²) < 4.78 is 27.3. The molecule has 0 radical (unpaired) electrons. The Hall–Kier alpha value is -3.72. The lowest BCUT2D eigenvalue weighted by Gasteiger charge is -2.27. The molecule has 1 aliphatic heterocycles. The summed E-state index contributed by atoms with van der Waals surface area (Å²) in [7, 11) is -1.01. The molecule has 8 nitrogen and oxygen atoms in total. The molecule has 6 rings (SSSR count). The number of rotatable bonds is 3. The largest absolute Gasteiger partial charge is 0.355 e. The van der Waals surface area contributed by atoms with Gasteiger partial charge in [0, 0.05) is 42.7 Å². The van der Waals surface area contributed by atoms with Crippen molar-refractivity contribution in [1.29, 1.82) is 0 Å². The molecule has 5 aromatic rings. The lowest BCUT2D eigenvalue weighted by atomic mass is 10.0. The molecule has 0 N–H and O–H groups in total. The van der Waals surface area contributed by atoms with Gasteiger partial charge < -0.3 is 4.90 Å². The molecule has 3 aromatic heterocycles. The Labute approximate surface area is 197 Å². The van der Waals surface area contributed by atoms with Crippen LogP contribution in [0.4, 0.5) is 5.82 Å². The highest BCUT2D eigenvalue weighted by Gasteiger charge is 2.23. The van der Waals surface area contributed by atoms with Gasteiger partial charge in [-0.25, -0.2) is 18.1 Å². The molecule has 1 aliphatic rings. The summed E-state index contributed by atoms with van der Waals surface area (Å²) in [4.78, 5) is 6.67. The van der Waals surface area contributed by atoms with E-state index in [9.17, 15) is 8.42 Å². The van der Waals surface area contributed by atoms with Crippen molar-refractivity contribution in [3.05, 3.63) is 66.5 Å². The van der Waals surface area contributed by atoms with Crippen molar-refractivity contribution in [2.24, 2.45) is 7.05 Å². The highest BCUT2D eigenvalue weighted by atomic mass is 32.2. The molecular formula is C25H24N6O2S. The Morgan fingerprint density at radius 2 is 1.71 bits per heavy atom. The molecule has 1 saturated heterocycles. The van der Waals surface area contributed by atoms with Crippen LogP contribution in [0.25, 0.3) is 38.8 Å². The number of aromatic nitrogens is 5. The number of hydrogen-bond acceptors (Lipinski definition) is 6. The second-order valence-corrected chi connectivity index (χ2v) is 11.1. The topological polar surface area (TPSA) is 85.9 Å². The van der Waals surface area contributed by atoms with E-state index in [-0.39, 0.29) is 11.5 Å². The number of benzene rings is 2. The lowest BCUT2D eigenvalue weighted by molar-refractivity contribution is 0.586. The Morgan fingerprint density at radius 3 is 2.47 bits per heavy atom. The number of aryl methyl sites for hydroxylation is 2. The first-order chi connectivity index (χ1) is 16.4. The average molecular weight is 473 g/mol. The minimum Gasteiger partial charge on any atom is -0.355 e. The summed E-state index contributed by atoms with van der Waals surface area (Å²) in [6, 6.07) is 16.3. The van der Waals surface area contributed by atoms with Crippen LogP contribution in [-0.4, -0.2) is 57.6 Å². The molecule has 34 heavy (non-hydrogen) atoms. The number of fused-ring (bicyclic) bond motifs is 2. The summed E-state index contributed by atoms with van der Waals surface area (Å²) in [5.41, 5.74) is 5.90. The Kier molecular flexibility index (Phi) is 4.70. The third-order valence-electron chi connectivity index (χ3n) is 6.47. The summed E-state index contributed by atoms with van der Waals surface area (Å²) in [6.45, 7) is 3.03. The number of anilines is 1. The zero-order valence-electron chi connectivity index (χ0n) is 19.0. The van der Waals surface area contributed by atoms with Crippen LogP contribution in [0.5, 0.6) is 0 Å². The Bertz CT molecular complexity index is 1640. The van der Waals surface area contributed by atoms with Crippen molar-refractivity contribution in [2.45, 2.75) is 6.92 Å². The maximum Gasteiger partial charge on any atom is 0.153 e. The summed E-state index contributed by atoms with van der Waals surface area (Å²) in [6.07, 6.45) is 3.84. The maximum atomic E-state index is 11.8. The highest BCUT2D eigenvalue weighted by Crippen LogP contribution is 2.35. The molecule has 1 fully saturated rings. The Morgan fingerprint density at radius 1 is 0.912 bits per heavy atom. The third kappa shape index (κ3) is 3.43. The first-order valence-electron chi connectivity index (χ1n) is 11.2. The molecule has 0 aliphatic carbocycles. The minimum atomic E-state index is -2.93. The molecule has 0 atom stereocenters. The van der Waals surface area contributed by atoms with Gasteiger partial charge in [-0.2, -0.15) is 10.2 Å². The van der Waals surface area contributed by atoms with E-state index in [1.165, 1.54) is 0 Å². The number of para-hydroxylation sites is 1. The fraction of sp³-hybridized carbons (Fsp3) is 0.240. The van der Waals surface area contributed by atoms with E-state index < -0.39 is 9.84 Å². The lowest BCUT2D eigenvalue weighted by Crippen LogP contribution is -2.40. The van der Waals surface area contributed by atoms with Crippen LogP contribution < -0.4 is 4.90 Å². The molecule has 4 heterocycles. The fourth-order valence-corrected chi connectivity index (χ4v) is 5.92. The van der Waals surface area contributed by atoms with Crippen LogP contribution in [0.3, 0.4) is 0 Å². The zero-order valence-corrected chi connectivity index (χ0v) is 19.8. The van der Waals surface area contributed by atoms with Crippen molar-refractivity contribution >= 4 is 37.5 Å². The fourth-order valence-electron chi connectivity index (χ4n) is 4.72. The minimum absolute atomic E-state index is 0.169. The van der Waals surface area contributed by atoms with Gasteiger partial charge in [0.15, 0.2) is 9.84 Å². The molecule has 172 valence electrons. The molecular weight excluding hydrogens is 448 g/mol. The van der Waals surface area contributed by atoms with Crippen LogP contribution in [0.1, 0.15) is 5.56 Å². The van der Waals surface area contributed by atoms with E-state index >= 15 is 0 Å². The predicted octanol–water partition coefficient (Wildman–Crippen LogP) is 3.52. The molecule has 0 saturated carbocycles. The normalized spacial score (nSPS) is 15.9. The zero-order chi connectivity index (χ0) is 23.4. The SMILES string of the molecule is Cc1cccc2c(-c3cccc4nn(C)cc34)nn(-c3ccc(N4CCS(=O)(=O)CC4)nc3)c12. The highest BCUT2D eigenvalue weighted by molar-refractivity contribution is 7.91. The van der Waals surface area contributed by atoms with E-state index in [0.29, 0.717) is 13.1 Å². The Balaban J connectivity index is 1.46. The number of pyridine rings is 1. The molecule has 0 unspecified atom stereocenters. The van der Waals surface area contributed by atoms with Crippen molar-refractivity contribution in [3.8, 4) is 16.9 Å². The van der Waals surface area contributed by atoms with E-state index in [4.69, 9.17) is 5.10 Å². The van der Waals surface area contributed by atoms with Crippen LogP contribution >= 0.6 is 0 Å². The van der Waals surface area contributed by atoms with Crippen molar-refractivity contribution < 1.29 is 8.42 Å². The van der Waals surface area contributed by atoms with Gasteiger partial charge in [0.1, 0.15) is 11.5 Å². The number of hydrogen-bond donors (Lipinski definition) is 0. The molecule has 0 spiro atoms. The molecule has 9 heteroatoms. The van der Waals surface area contributed by atoms with Crippen molar-refractivity contribution in [2.75, 3.05) is 29.5 Å². The van der Waals surface area contributed by atoms with Crippen LogP contribution in [-0.2, 0) is 16.9 Å². The quantitative estimate of drug-likeness (QED) is 0.399. The van der Waals surface area contributed by atoms with E-state index in [1.54, 1.807) is 0 Å². The summed E-state index contributed by atoms with van der Waals surface area (Å²) in [5.74, 6) is 1.12. The number of sulfone groups is 1. The summed E-state index contributed by atoms with van der Waals surface area (Å²) >= 11 is 0. The average Bonchev–Trinajstić information content (AvgIpc) is 3.40. The van der Waals surface area contributed by atoms with Gasteiger partial charge in [-0.1, -0.05) is 30.3 Å². The van der Waals surface area contributed by atoms with Crippen molar-refractivity contribution in [3.63, 3.8) is 0 Å². The summed E-state index contributed by atoms with van der Waals surface area (Å²) in [5, 5.41) is 11.7.